The van der Waals surface area contributed by atoms with Crippen LogP contribution in [0.2, 0.25) is 0 Å². The molecule has 2 rings (SSSR count). The van der Waals surface area contributed by atoms with Gasteiger partial charge in [0, 0.05) is 12.6 Å². The van der Waals surface area contributed by atoms with Crippen LogP contribution < -0.4 is 0 Å². The third-order valence-corrected chi connectivity index (χ3v) is 2.57. The minimum Gasteiger partial charge on any atom is -0.395 e. The van der Waals surface area contributed by atoms with Crippen LogP contribution in [-0.4, -0.2) is 40.3 Å². The topological polar surface area (TPSA) is 66.6 Å². The zero-order valence-corrected chi connectivity index (χ0v) is 8.64. The van der Waals surface area contributed by atoms with Crippen molar-refractivity contribution < 1.29 is 14.4 Å². The van der Waals surface area contributed by atoms with Gasteiger partial charge in [0.2, 0.25) is 0 Å². The number of aryl methyl sites for hydroxylation is 1. The average Bonchev–Trinajstić information content (AvgIpc) is 2.97. The van der Waals surface area contributed by atoms with Crippen LogP contribution in [0.5, 0.6) is 0 Å². The van der Waals surface area contributed by atoms with Crippen molar-refractivity contribution in [3.63, 3.8) is 0 Å². The van der Waals surface area contributed by atoms with Crippen molar-refractivity contribution in [2.45, 2.75) is 25.8 Å². The molecule has 0 aromatic carbocycles. The standard InChI is InChI=1S/C10H14N2O3/c1-7-9(6-11-15-7)10(14)12(4-5-13)8-2-3-8/h6,8,13H,2-5H2,1H3. The highest BCUT2D eigenvalue weighted by Gasteiger charge is 2.33. The van der Waals surface area contributed by atoms with E-state index >= 15 is 0 Å². The first-order valence-electron chi connectivity index (χ1n) is 5.07. The van der Waals surface area contributed by atoms with Gasteiger partial charge in [-0.25, -0.2) is 0 Å². The molecule has 0 radical (unpaired) electrons. The van der Waals surface area contributed by atoms with Crippen LogP contribution in [0.1, 0.15) is 29.0 Å². The Morgan fingerprint density at radius 1 is 1.73 bits per heavy atom. The molecular weight excluding hydrogens is 196 g/mol. The van der Waals surface area contributed by atoms with Gasteiger partial charge in [0.05, 0.1) is 12.8 Å². The molecule has 1 amide bonds. The van der Waals surface area contributed by atoms with Crippen molar-refractivity contribution in [3.8, 4) is 0 Å². The summed E-state index contributed by atoms with van der Waals surface area (Å²) >= 11 is 0. The van der Waals surface area contributed by atoms with Crippen molar-refractivity contribution >= 4 is 5.91 Å². The Kier molecular flexibility index (Phi) is 2.73. The maximum atomic E-state index is 12.0. The molecule has 1 aromatic heterocycles. The molecule has 0 spiro atoms. The number of rotatable bonds is 4. The molecule has 1 heterocycles. The molecule has 1 aliphatic rings. The summed E-state index contributed by atoms with van der Waals surface area (Å²) in [6, 6.07) is 0.291. The molecule has 1 saturated carbocycles. The Morgan fingerprint density at radius 2 is 2.47 bits per heavy atom. The van der Waals surface area contributed by atoms with E-state index in [0.717, 1.165) is 12.8 Å². The molecule has 0 atom stereocenters. The molecule has 0 unspecified atom stereocenters. The molecule has 1 aliphatic carbocycles. The van der Waals surface area contributed by atoms with E-state index < -0.39 is 0 Å². The van der Waals surface area contributed by atoms with Gasteiger partial charge in [0.1, 0.15) is 11.3 Å². The quantitative estimate of drug-likeness (QED) is 0.789. The summed E-state index contributed by atoms with van der Waals surface area (Å²) in [7, 11) is 0. The minimum absolute atomic E-state index is 0.00737. The first-order valence-corrected chi connectivity index (χ1v) is 5.07. The summed E-state index contributed by atoms with van der Waals surface area (Å²) in [4.78, 5) is 13.7. The van der Waals surface area contributed by atoms with E-state index in [2.05, 4.69) is 5.16 Å². The molecule has 0 saturated heterocycles. The summed E-state index contributed by atoms with van der Waals surface area (Å²) in [5.41, 5.74) is 0.496. The van der Waals surface area contributed by atoms with E-state index in [1.54, 1.807) is 11.8 Å². The Labute approximate surface area is 87.7 Å². The first kappa shape index (κ1) is 10.2. The number of hydrogen-bond acceptors (Lipinski definition) is 4. The maximum Gasteiger partial charge on any atom is 0.259 e. The predicted octanol–water partition coefficient (Wildman–Crippen LogP) is 0.580. The molecular formula is C10H14N2O3. The maximum absolute atomic E-state index is 12.0. The van der Waals surface area contributed by atoms with Gasteiger partial charge >= 0.3 is 0 Å². The largest absolute Gasteiger partial charge is 0.395 e. The molecule has 5 nitrogen and oxygen atoms in total. The number of carbonyl (C=O) groups is 1. The molecule has 1 aromatic rings. The normalized spacial score (nSPS) is 15.3. The van der Waals surface area contributed by atoms with Crippen molar-refractivity contribution in [1.82, 2.24) is 10.1 Å². The zero-order valence-electron chi connectivity index (χ0n) is 8.64. The van der Waals surface area contributed by atoms with Crippen LogP contribution in [-0.2, 0) is 0 Å². The second kappa shape index (κ2) is 4.02. The van der Waals surface area contributed by atoms with E-state index in [1.165, 1.54) is 6.20 Å². The van der Waals surface area contributed by atoms with Gasteiger partial charge < -0.3 is 14.5 Å². The molecule has 82 valence electrons. The average molecular weight is 210 g/mol. The fourth-order valence-electron chi connectivity index (χ4n) is 1.60. The summed E-state index contributed by atoms with van der Waals surface area (Å²) in [6.45, 7) is 2.09. The van der Waals surface area contributed by atoms with Gasteiger partial charge in [0.15, 0.2) is 0 Å². The first-order chi connectivity index (χ1) is 7.24. The van der Waals surface area contributed by atoms with E-state index in [-0.39, 0.29) is 12.5 Å². The van der Waals surface area contributed by atoms with Gasteiger partial charge in [-0.2, -0.15) is 0 Å². The summed E-state index contributed by atoms with van der Waals surface area (Å²) in [5.74, 6) is 0.439. The Morgan fingerprint density at radius 3 is 2.93 bits per heavy atom. The van der Waals surface area contributed by atoms with Crippen LogP contribution in [0.4, 0.5) is 0 Å². The second-order valence-electron chi connectivity index (χ2n) is 3.75. The molecule has 1 fully saturated rings. The lowest BCUT2D eigenvalue weighted by atomic mass is 10.2. The lowest BCUT2D eigenvalue weighted by Crippen LogP contribution is -2.35. The fraction of sp³-hybridized carbons (Fsp3) is 0.600. The van der Waals surface area contributed by atoms with Gasteiger partial charge in [0.25, 0.3) is 5.91 Å². The zero-order chi connectivity index (χ0) is 10.8. The van der Waals surface area contributed by atoms with Crippen molar-refractivity contribution in [2.75, 3.05) is 13.2 Å². The van der Waals surface area contributed by atoms with Gasteiger partial charge in [-0.15, -0.1) is 0 Å². The smallest absolute Gasteiger partial charge is 0.259 e. The fourth-order valence-corrected chi connectivity index (χ4v) is 1.60. The Hall–Kier alpha value is -1.36. The predicted molar refractivity (Wildman–Crippen MR) is 52.4 cm³/mol. The van der Waals surface area contributed by atoms with Crippen molar-refractivity contribution in [2.24, 2.45) is 0 Å². The molecule has 0 aliphatic heterocycles. The van der Waals surface area contributed by atoms with Crippen LogP contribution in [0.25, 0.3) is 0 Å². The van der Waals surface area contributed by atoms with Gasteiger partial charge in [-0.3, -0.25) is 4.79 Å². The van der Waals surface area contributed by atoms with Crippen LogP contribution in [0.3, 0.4) is 0 Å². The highest BCUT2D eigenvalue weighted by molar-refractivity contribution is 5.95. The van der Waals surface area contributed by atoms with Crippen molar-refractivity contribution in [3.05, 3.63) is 17.5 Å². The van der Waals surface area contributed by atoms with E-state index in [0.29, 0.717) is 23.9 Å². The number of nitrogens with zero attached hydrogens (tertiary/aromatic N) is 2. The third-order valence-electron chi connectivity index (χ3n) is 2.57. The minimum atomic E-state index is -0.0923. The van der Waals surface area contributed by atoms with Crippen LogP contribution in [0, 0.1) is 6.92 Å². The monoisotopic (exact) mass is 210 g/mol. The summed E-state index contributed by atoms with van der Waals surface area (Å²) in [6.07, 6.45) is 3.48. The molecule has 5 heteroatoms. The van der Waals surface area contributed by atoms with E-state index in [1.807, 2.05) is 0 Å². The van der Waals surface area contributed by atoms with E-state index in [9.17, 15) is 4.79 Å². The van der Waals surface area contributed by atoms with Crippen LogP contribution >= 0.6 is 0 Å². The Bertz CT molecular complexity index is 357. The highest BCUT2D eigenvalue weighted by atomic mass is 16.5. The SMILES string of the molecule is Cc1oncc1C(=O)N(CCO)C1CC1. The lowest BCUT2D eigenvalue weighted by molar-refractivity contribution is 0.0706. The second-order valence-corrected chi connectivity index (χ2v) is 3.75. The van der Waals surface area contributed by atoms with Crippen molar-refractivity contribution in [1.29, 1.82) is 0 Å². The third kappa shape index (κ3) is 2.02. The highest BCUT2D eigenvalue weighted by Crippen LogP contribution is 2.28. The Balaban J connectivity index is 2.14. The number of hydrogen-bond donors (Lipinski definition) is 1. The van der Waals surface area contributed by atoms with Crippen LogP contribution in [0.15, 0.2) is 10.7 Å². The van der Waals surface area contributed by atoms with Gasteiger partial charge in [-0.05, 0) is 19.8 Å². The van der Waals surface area contributed by atoms with E-state index in [4.69, 9.17) is 9.63 Å². The number of amides is 1. The number of aliphatic hydroxyl groups is 1. The van der Waals surface area contributed by atoms with Gasteiger partial charge in [-0.1, -0.05) is 5.16 Å². The lowest BCUT2D eigenvalue weighted by Gasteiger charge is -2.20. The molecule has 0 bridgehead atoms. The summed E-state index contributed by atoms with van der Waals surface area (Å²) in [5, 5.41) is 12.5. The molecule has 1 N–H and O–H groups in total. The number of aromatic nitrogens is 1. The number of aliphatic hydroxyl groups excluding tert-OH is 1. The summed E-state index contributed by atoms with van der Waals surface area (Å²) < 4.78 is 4.85. The molecule has 15 heavy (non-hydrogen) atoms. The number of carbonyl (C=O) groups excluding carboxylic acids is 1.